The average Bonchev–Trinajstić information content (AvgIpc) is 2.40. The van der Waals surface area contributed by atoms with E-state index in [1.54, 1.807) is 0 Å². The summed E-state index contributed by atoms with van der Waals surface area (Å²) in [6.45, 7) is 2.09. The van der Waals surface area contributed by atoms with E-state index in [4.69, 9.17) is 5.11 Å². The summed E-state index contributed by atoms with van der Waals surface area (Å²) in [5, 5.41) is 11.7. The molecule has 0 spiro atoms. The zero-order chi connectivity index (χ0) is 7.14. The van der Waals surface area contributed by atoms with Gasteiger partial charge in [-0.25, -0.2) is 0 Å². The van der Waals surface area contributed by atoms with Crippen LogP contribution in [0.5, 0.6) is 0 Å². The summed E-state index contributed by atoms with van der Waals surface area (Å²) in [7, 11) is 0. The van der Waals surface area contributed by atoms with Crippen LogP contribution in [0, 0.1) is 17.8 Å². The standard InChI is InChI=1S/C7H11NO2.ClH/c9-7(10)1-4-5-2-8-3-6(4)5;/h4-6,8H,1-3H2,(H,9,10);1H. The highest BCUT2D eigenvalue weighted by Gasteiger charge is 2.53. The Morgan fingerprint density at radius 1 is 1.45 bits per heavy atom. The van der Waals surface area contributed by atoms with Gasteiger partial charge in [0.25, 0.3) is 0 Å². The van der Waals surface area contributed by atoms with Crippen LogP contribution >= 0.6 is 12.4 Å². The fourth-order valence-corrected chi connectivity index (χ4v) is 2.05. The van der Waals surface area contributed by atoms with E-state index in [2.05, 4.69) is 5.32 Å². The van der Waals surface area contributed by atoms with E-state index in [9.17, 15) is 4.79 Å². The van der Waals surface area contributed by atoms with Crippen LogP contribution in [-0.2, 0) is 4.79 Å². The van der Waals surface area contributed by atoms with Crippen molar-refractivity contribution in [2.24, 2.45) is 17.8 Å². The Balaban J connectivity index is 0.000000605. The van der Waals surface area contributed by atoms with Gasteiger partial charge in [0.15, 0.2) is 0 Å². The van der Waals surface area contributed by atoms with Gasteiger partial charge in [0.1, 0.15) is 0 Å². The van der Waals surface area contributed by atoms with Crippen molar-refractivity contribution in [2.75, 3.05) is 13.1 Å². The normalized spacial score (nSPS) is 39.1. The smallest absolute Gasteiger partial charge is 0.303 e. The van der Waals surface area contributed by atoms with Crippen molar-refractivity contribution in [3.63, 3.8) is 0 Å². The van der Waals surface area contributed by atoms with Gasteiger partial charge in [-0.1, -0.05) is 0 Å². The van der Waals surface area contributed by atoms with E-state index in [1.807, 2.05) is 0 Å². The summed E-state index contributed by atoms with van der Waals surface area (Å²) in [5.74, 6) is 1.24. The lowest BCUT2D eigenvalue weighted by Crippen LogP contribution is -2.15. The van der Waals surface area contributed by atoms with Crippen LogP contribution in [-0.4, -0.2) is 24.2 Å². The molecule has 1 saturated carbocycles. The van der Waals surface area contributed by atoms with E-state index >= 15 is 0 Å². The molecule has 0 bridgehead atoms. The Morgan fingerprint density at radius 2 is 2.00 bits per heavy atom. The minimum absolute atomic E-state index is 0. The Labute approximate surface area is 71.6 Å². The van der Waals surface area contributed by atoms with Crippen molar-refractivity contribution < 1.29 is 9.90 Å². The van der Waals surface area contributed by atoms with E-state index in [0.717, 1.165) is 13.1 Å². The Bertz CT molecular complexity index is 164. The second-order valence-corrected chi connectivity index (χ2v) is 3.25. The van der Waals surface area contributed by atoms with E-state index in [0.29, 0.717) is 24.2 Å². The third-order valence-electron chi connectivity index (χ3n) is 2.68. The van der Waals surface area contributed by atoms with Gasteiger partial charge >= 0.3 is 5.97 Å². The molecule has 0 amide bonds. The lowest BCUT2D eigenvalue weighted by atomic mass is 10.2. The Hall–Kier alpha value is -0.280. The van der Waals surface area contributed by atoms with Gasteiger partial charge in [-0.05, 0) is 30.8 Å². The maximum Gasteiger partial charge on any atom is 0.303 e. The first-order valence-corrected chi connectivity index (χ1v) is 3.71. The predicted octanol–water partition coefficient (Wildman–Crippen LogP) is 0.348. The molecule has 0 radical (unpaired) electrons. The molecule has 0 aromatic carbocycles. The number of nitrogens with one attached hydrogen (secondary N) is 1. The summed E-state index contributed by atoms with van der Waals surface area (Å²) in [4.78, 5) is 10.3. The first-order chi connectivity index (χ1) is 4.79. The molecule has 64 valence electrons. The molecule has 1 aliphatic heterocycles. The molecule has 2 aliphatic rings. The topological polar surface area (TPSA) is 49.3 Å². The second-order valence-electron chi connectivity index (χ2n) is 3.25. The summed E-state index contributed by atoms with van der Waals surface area (Å²) in [6, 6.07) is 0. The number of carboxylic acids is 1. The number of hydrogen-bond donors (Lipinski definition) is 2. The van der Waals surface area contributed by atoms with E-state index < -0.39 is 5.97 Å². The van der Waals surface area contributed by atoms with Crippen LogP contribution in [0.1, 0.15) is 6.42 Å². The predicted molar refractivity (Wildman–Crippen MR) is 42.8 cm³/mol. The fourth-order valence-electron chi connectivity index (χ4n) is 2.05. The molecular weight excluding hydrogens is 166 g/mol. The first-order valence-electron chi connectivity index (χ1n) is 3.71. The van der Waals surface area contributed by atoms with Crippen molar-refractivity contribution in [1.82, 2.24) is 5.32 Å². The van der Waals surface area contributed by atoms with Gasteiger partial charge in [0, 0.05) is 6.42 Å². The third-order valence-corrected chi connectivity index (χ3v) is 2.68. The number of carbonyl (C=O) groups is 1. The molecule has 0 aromatic heterocycles. The molecule has 2 N–H and O–H groups in total. The maximum absolute atomic E-state index is 10.3. The van der Waals surface area contributed by atoms with Gasteiger partial charge in [-0.15, -0.1) is 12.4 Å². The molecule has 2 unspecified atom stereocenters. The highest BCUT2D eigenvalue weighted by Crippen LogP contribution is 2.50. The minimum atomic E-state index is -0.639. The Morgan fingerprint density at radius 3 is 2.45 bits per heavy atom. The van der Waals surface area contributed by atoms with Gasteiger partial charge in [0.05, 0.1) is 0 Å². The summed E-state index contributed by atoms with van der Waals surface area (Å²) >= 11 is 0. The lowest BCUT2D eigenvalue weighted by molar-refractivity contribution is -0.137. The Kier molecular flexibility index (Phi) is 2.40. The summed E-state index contributed by atoms with van der Waals surface area (Å²) in [5.41, 5.74) is 0. The molecule has 2 fully saturated rings. The molecule has 1 saturated heterocycles. The fraction of sp³-hybridized carbons (Fsp3) is 0.857. The zero-order valence-electron chi connectivity index (χ0n) is 6.12. The van der Waals surface area contributed by atoms with Crippen molar-refractivity contribution in [2.45, 2.75) is 6.42 Å². The monoisotopic (exact) mass is 177 g/mol. The SMILES string of the molecule is Cl.O=C(O)CC1C2CNCC21. The average molecular weight is 178 g/mol. The summed E-state index contributed by atoms with van der Waals surface area (Å²) in [6.07, 6.45) is 0.386. The second kappa shape index (κ2) is 2.99. The summed E-state index contributed by atoms with van der Waals surface area (Å²) < 4.78 is 0. The van der Waals surface area contributed by atoms with Crippen molar-refractivity contribution in [1.29, 1.82) is 0 Å². The number of piperidine rings is 1. The van der Waals surface area contributed by atoms with Gasteiger partial charge in [-0.3, -0.25) is 4.79 Å². The number of hydrogen-bond acceptors (Lipinski definition) is 2. The molecule has 2 atom stereocenters. The highest BCUT2D eigenvalue weighted by molar-refractivity contribution is 5.85. The number of halogens is 1. The highest BCUT2D eigenvalue weighted by atomic mass is 35.5. The molecular formula is C7H12ClNO2. The molecule has 2 rings (SSSR count). The van der Waals surface area contributed by atoms with Gasteiger partial charge < -0.3 is 10.4 Å². The van der Waals surface area contributed by atoms with Crippen LogP contribution in [0.15, 0.2) is 0 Å². The van der Waals surface area contributed by atoms with Crippen molar-refractivity contribution in [3.8, 4) is 0 Å². The third kappa shape index (κ3) is 1.49. The van der Waals surface area contributed by atoms with Crippen LogP contribution < -0.4 is 5.32 Å². The molecule has 1 heterocycles. The maximum atomic E-state index is 10.3. The molecule has 3 nitrogen and oxygen atoms in total. The number of aliphatic carboxylic acids is 1. The zero-order valence-corrected chi connectivity index (χ0v) is 6.93. The number of fused-ring (bicyclic) bond motifs is 1. The lowest BCUT2D eigenvalue weighted by Gasteiger charge is -1.98. The van der Waals surface area contributed by atoms with Crippen LogP contribution in [0.4, 0.5) is 0 Å². The number of carboxylic acid groups (broad SMARTS) is 1. The largest absolute Gasteiger partial charge is 0.481 e. The quantitative estimate of drug-likeness (QED) is 0.640. The van der Waals surface area contributed by atoms with E-state index in [-0.39, 0.29) is 12.4 Å². The van der Waals surface area contributed by atoms with Crippen LogP contribution in [0.3, 0.4) is 0 Å². The molecule has 11 heavy (non-hydrogen) atoms. The molecule has 4 heteroatoms. The van der Waals surface area contributed by atoms with Crippen LogP contribution in [0.25, 0.3) is 0 Å². The van der Waals surface area contributed by atoms with E-state index in [1.165, 1.54) is 0 Å². The first kappa shape index (κ1) is 8.81. The van der Waals surface area contributed by atoms with Gasteiger partial charge in [-0.2, -0.15) is 0 Å². The molecule has 1 aliphatic carbocycles. The minimum Gasteiger partial charge on any atom is -0.481 e. The van der Waals surface area contributed by atoms with Crippen molar-refractivity contribution >= 4 is 18.4 Å². The van der Waals surface area contributed by atoms with Crippen LogP contribution in [0.2, 0.25) is 0 Å². The molecule has 0 aromatic rings. The number of rotatable bonds is 2. The van der Waals surface area contributed by atoms with Crippen molar-refractivity contribution in [3.05, 3.63) is 0 Å². The van der Waals surface area contributed by atoms with Gasteiger partial charge in [0.2, 0.25) is 0 Å².